The van der Waals surface area contributed by atoms with E-state index in [0.717, 1.165) is 62.9 Å². The summed E-state index contributed by atoms with van der Waals surface area (Å²) in [5.41, 5.74) is 0.931. The molecule has 3 aromatic rings. The van der Waals surface area contributed by atoms with Gasteiger partial charge in [-0.25, -0.2) is 0 Å². The molecular formula is C74H128BiO18PSi2. The van der Waals surface area contributed by atoms with Crippen molar-refractivity contribution in [2.45, 2.75) is 269 Å². The van der Waals surface area contributed by atoms with Crippen LogP contribution in [-0.2, 0) is 50.6 Å². The van der Waals surface area contributed by atoms with E-state index < -0.39 is 63.7 Å². The first-order valence-electron chi connectivity index (χ1n) is 34.6. The standard InChI is InChI=1S/C23H40O3Si.C22H37O6P.C12H19OSi.C11H22O2.3C2H4O2.Bi.H/c1-22(2,3)17-13-14-20(21(15-17)24-7)25-18-11-10-12-19(16-18)26-27(8,9)23(4,5)6;1-7-26-29(23,27-8-2)16-25-18-10-9-11-19(15-18)28-20-13-12-17(22(3,4)5)14-21(20)24-6;1-12(2,3)14(4,5)13-11-9-7-6-8-10-11;1-11(2,3)8-5-6-9(12)10(7-8)13-4;3*1-2(3)4;;/h10-12,16-17,20-21H,13-15H2,1-9H3;9-11,15,17,20-21H,7-8,12-14,16H2,1-6H3;6-7,9-10H,1-5H3;8-10,12H,5-7H2,1-4H3;3*1H3,(H,3,4);;/q;;;;;;;+3;/p-3/t2*17?,20-,21-;;8?,9-,10-;;;;;/m11.1...../s1. The van der Waals surface area contributed by atoms with Gasteiger partial charge in [0, 0.05) is 33.5 Å². The van der Waals surface area contributed by atoms with Gasteiger partial charge in [0.15, 0.2) is 6.35 Å². The maximum absolute atomic E-state index is 12.6. The zero-order valence-electron chi connectivity index (χ0n) is 63.9. The van der Waals surface area contributed by atoms with Crippen LogP contribution in [0.3, 0.4) is 0 Å². The number of ether oxygens (including phenoxy) is 6. The molecule has 0 spiro atoms. The second kappa shape index (κ2) is 37.3. The summed E-state index contributed by atoms with van der Waals surface area (Å²) in [6, 6.07) is 22.2. The third kappa shape index (κ3) is 28.1. The Morgan fingerprint density at radius 1 is 0.479 bits per heavy atom. The molecule has 96 heavy (non-hydrogen) atoms. The van der Waals surface area contributed by atoms with E-state index in [1.54, 1.807) is 58.4 Å². The number of benzene rings is 3. The quantitative estimate of drug-likeness (QED) is 0.0732. The van der Waals surface area contributed by atoms with Gasteiger partial charge in [-0.3, -0.25) is 4.57 Å². The molecular weight excluding hydrogens is 1470 g/mol. The molecule has 3 saturated carbocycles. The van der Waals surface area contributed by atoms with Gasteiger partial charge in [-0.05, 0) is 148 Å². The van der Waals surface area contributed by atoms with E-state index in [-0.39, 0.29) is 58.5 Å². The van der Waals surface area contributed by atoms with Crippen molar-refractivity contribution in [3.8, 4) is 28.7 Å². The average molecular weight is 1600 g/mol. The summed E-state index contributed by atoms with van der Waals surface area (Å²) < 4.78 is 87.4. The van der Waals surface area contributed by atoms with Crippen molar-refractivity contribution in [1.29, 1.82) is 0 Å². The van der Waals surface area contributed by atoms with Gasteiger partial charge in [0.1, 0.15) is 35.2 Å². The molecule has 1 N–H and O–H groups in total. The number of aliphatic hydroxyl groups is 1. The number of rotatable bonds is 22. The van der Waals surface area contributed by atoms with Crippen LogP contribution in [-0.4, -0.2) is 139 Å². The minimum Gasteiger partial charge on any atom is -0.543 e. The molecule has 0 amide bonds. The molecule has 550 valence electrons. The fourth-order valence-electron chi connectivity index (χ4n) is 11.4. The second-order valence-electron chi connectivity index (χ2n) is 32.1. The Hall–Kier alpha value is -3.62. The number of carbonyl (C=O) groups excluding carboxylic acids is 3. The fraction of sp³-hybridized carbons (Fsp3) is 0.716. The van der Waals surface area contributed by atoms with Crippen LogP contribution < -0.4 is 26.3 Å². The monoisotopic (exact) mass is 1600 g/mol. The number of methoxy groups -OCH3 is 3. The van der Waals surface area contributed by atoms with Crippen molar-refractivity contribution in [1.82, 2.24) is 0 Å². The second-order valence-corrected chi connectivity index (χ2v) is 52.5. The SMILES string of the molecule is CC(=O)[O][BiH]([O]C(C)=O)([O]C(C)=O)[c]1cccc(O[Si](C)(C)C(C)(C)C)c1.CCOP(=O)(COc1cccc(O[C@@H]2CCC(C(C)(C)C)C[C@H]2OC)c1)OCC.CO[C@@H]1CC(C(C)(C)C)CC[C@H]1O.CO[C@@H]1CC(C(C)(C)C)CC[C@H]1Oc1cccc(O[Si](C)(C)C(C)(C)C)c1. The maximum Gasteiger partial charge on any atom is 0.367 e. The van der Waals surface area contributed by atoms with Crippen molar-refractivity contribution in [2.24, 2.45) is 34.0 Å². The van der Waals surface area contributed by atoms with Gasteiger partial charge in [0.25, 0.3) is 0 Å². The third-order valence-corrected chi connectivity index (χ3v) is 40.3. The maximum atomic E-state index is 12.6. The van der Waals surface area contributed by atoms with E-state index in [9.17, 15) is 24.1 Å². The number of carbonyl (C=O) groups is 3. The molecule has 22 heteroatoms. The summed E-state index contributed by atoms with van der Waals surface area (Å²) >= 11 is -5.22. The molecule has 3 aromatic carbocycles. The minimum atomic E-state index is -5.22. The smallest absolute Gasteiger partial charge is 0.367 e. The van der Waals surface area contributed by atoms with Crippen LogP contribution in [0.1, 0.15) is 196 Å². The zero-order chi connectivity index (χ0) is 73.1. The summed E-state index contributed by atoms with van der Waals surface area (Å²) in [5.74, 6) is 3.55. The van der Waals surface area contributed by atoms with Crippen LogP contribution >= 0.6 is 7.60 Å². The molecule has 0 heterocycles. The Bertz CT molecular complexity index is 2860. The molecule has 0 saturated heterocycles. The van der Waals surface area contributed by atoms with Crippen LogP contribution in [0.5, 0.6) is 28.7 Å². The first-order chi connectivity index (χ1) is 44.2. The molecule has 3 unspecified atom stereocenters. The Morgan fingerprint density at radius 3 is 1.17 bits per heavy atom. The molecule has 0 radical (unpaired) electrons. The van der Waals surface area contributed by atoms with Crippen LogP contribution in [0.2, 0.25) is 36.3 Å². The average Bonchev–Trinajstić information content (AvgIpc) is 0.798. The molecule has 3 fully saturated rings. The van der Waals surface area contributed by atoms with Gasteiger partial charge < -0.3 is 47.0 Å². The molecule has 0 aliphatic heterocycles. The number of aliphatic hydroxyl groups excluding tert-OH is 1. The Labute approximate surface area is 587 Å². The molecule has 18 nitrogen and oxygen atoms in total. The summed E-state index contributed by atoms with van der Waals surface area (Å²) in [6.45, 7) is 50.2. The summed E-state index contributed by atoms with van der Waals surface area (Å²) in [6.07, 6.45) is 9.37. The van der Waals surface area contributed by atoms with Gasteiger partial charge in [0.2, 0.25) is 8.32 Å². The minimum absolute atomic E-state index is 0.00630. The van der Waals surface area contributed by atoms with Gasteiger partial charge in [-0.2, -0.15) is 0 Å². The van der Waals surface area contributed by atoms with Crippen LogP contribution in [0.4, 0.5) is 0 Å². The van der Waals surface area contributed by atoms with E-state index in [1.165, 1.54) is 27.2 Å². The van der Waals surface area contributed by atoms with Crippen molar-refractivity contribution < 1.29 is 78.8 Å². The molecule has 3 aliphatic rings. The first-order valence-corrected chi connectivity index (χ1v) is 48.8. The predicted octanol–water partition coefficient (Wildman–Crippen LogP) is 17.4. The number of hydrogen-bond acceptors (Lipinski definition) is 18. The Morgan fingerprint density at radius 2 is 0.812 bits per heavy atom. The van der Waals surface area contributed by atoms with Gasteiger partial charge >= 0.3 is 176 Å². The predicted molar refractivity (Wildman–Crippen MR) is 391 cm³/mol. The number of hydrogen-bond donors (Lipinski definition) is 1. The van der Waals surface area contributed by atoms with E-state index in [0.29, 0.717) is 62.3 Å². The summed E-state index contributed by atoms with van der Waals surface area (Å²) in [5, 5.41) is 9.78. The zero-order valence-corrected chi connectivity index (χ0v) is 70.7. The van der Waals surface area contributed by atoms with Crippen molar-refractivity contribution >= 4 is 67.0 Å². The summed E-state index contributed by atoms with van der Waals surface area (Å²) in [4.78, 5) is 35.0. The molecule has 3 aliphatic carbocycles. The van der Waals surface area contributed by atoms with Crippen molar-refractivity contribution in [3.63, 3.8) is 0 Å². The van der Waals surface area contributed by atoms with Gasteiger partial charge in [0.05, 0.1) is 37.6 Å². The fourth-order valence-corrected chi connectivity index (χ4v) is 23.4. The topological polar surface area (TPSA) is 208 Å². The van der Waals surface area contributed by atoms with Crippen LogP contribution in [0, 0.1) is 34.0 Å². The Kier molecular flexibility index (Phi) is 33.7. The van der Waals surface area contributed by atoms with Gasteiger partial charge in [-0.1, -0.05) is 95.2 Å². The van der Waals surface area contributed by atoms with Crippen molar-refractivity contribution in [3.05, 3.63) is 72.8 Å². The molecule has 9 atom stereocenters. The largest absolute Gasteiger partial charge is 0.543 e. The van der Waals surface area contributed by atoms with E-state index in [1.807, 2.05) is 49.6 Å². The first kappa shape index (κ1) is 86.6. The van der Waals surface area contributed by atoms with E-state index in [4.69, 9.17) is 54.8 Å². The normalized spacial score (nSPS) is 22.4. The third-order valence-electron chi connectivity index (χ3n) is 19.4. The Balaban J connectivity index is 0.000000343. The molecule has 0 bridgehead atoms. The molecule has 0 aromatic heterocycles. The van der Waals surface area contributed by atoms with Crippen LogP contribution in [0.25, 0.3) is 0 Å². The molecule has 6 rings (SSSR count). The van der Waals surface area contributed by atoms with E-state index in [2.05, 4.69) is 130 Å². The summed E-state index contributed by atoms with van der Waals surface area (Å²) in [7, 11) is -1.97. The van der Waals surface area contributed by atoms with E-state index >= 15 is 0 Å². The van der Waals surface area contributed by atoms with Crippen LogP contribution in [0.15, 0.2) is 72.8 Å². The van der Waals surface area contributed by atoms with Gasteiger partial charge in [-0.15, -0.1) is 0 Å². The van der Waals surface area contributed by atoms with Crippen molar-refractivity contribution in [2.75, 3.05) is 40.9 Å².